The smallest absolute Gasteiger partial charge is 0.361 e. The quantitative estimate of drug-likeness (QED) is 0.0579. The molecule has 636 valence electrons. The van der Waals surface area contributed by atoms with Crippen molar-refractivity contribution in [2.45, 2.75) is 51.1 Å². The fraction of sp³-hybridized carbons (Fsp3) is 0.253. The SMILES string of the molecule is CN(CC(F)(F)F)c1nc2c(c(-c3cc(F)ccc3C#N)c1CN)c(=O)n(C)c(=O)n2C.Cn1c(=O)c2c(-c3cc(F)ccc3C#N)c(CN)c(N(C(F)(F)F)C(F)(F)F)nc2n(C)c1=O.Cn1c(=O)c2c(-c3cc(F)ccc3C#N)c(CN)c(NCC(F)(F)F)nc2n(C)c1=O.Cn1c(=O)c2c(-c3cc(F)ccc3C#N)c(CN)cnc2n(C)c1=O. The standard InChI is InChI=1S/C20H18F4N6O2.C19H13F7N6O2.C19H16F4N6O2.C17H14FN5O2/c1-28(9-20(22,23)24)16-13(8-26)14(12-6-11(21)5-4-10(12)7-25)15-17(27-16)29(2)19(32)30(3)18(15)31;1-30-15-13(16(33)31(2)17(30)34)12(10-5-9(20)4-3-8(10)6-27)11(7-28)14(29-15)32(18(21,22)23)19(24,25)26;1-28-16-14(17(30)29(2)18(28)31)13(11-5-10(20)4-3-9(11)6-24)12(7-25)15(27-16)26-8-19(21,22)23;1-22-15-14(16(24)23(2)17(22)25)13(10(7-20)8-21-15)12-5-11(18)4-3-9(12)6-19/h4-6H,8-9,26H2,1-3H3;3-5H,7,28H2,1-2H3;3-5H,7-8,25H2,1-2H3,(H,26,27);3-5,8H,7,20H2,1-2H3. The second-order valence-electron chi connectivity index (χ2n) is 26.4. The Balaban J connectivity index is 0.000000186. The average Bonchev–Trinajstić information content (AvgIpc) is 0.529. The van der Waals surface area contributed by atoms with Gasteiger partial charge in [-0.25, -0.2) is 56.7 Å². The maximum Gasteiger partial charge on any atom is 0.493 e. The molecule has 0 amide bonds. The van der Waals surface area contributed by atoms with E-state index in [0.29, 0.717) is 26.3 Å². The number of pyridine rings is 4. The van der Waals surface area contributed by atoms with Crippen molar-refractivity contribution in [3.8, 4) is 68.8 Å². The first-order valence-corrected chi connectivity index (χ1v) is 34.5. The summed E-state index contributed by atoms with van der Waals surface area (Å²) >= 11 is 0. The fourth-order valence-electron chi connectivity index (χ4n) is 13.2. The van der Waals surface area contributed by atoms with Crippen LogP contribution in [0, 0.1) is 68.6 Å². The van der Waals surface area contributed by atoms with Crippen LogP contribution in [-0.4, -0.2) is 102 Å². The molecule has 0 atom stereocenters. The number of nitriles is 4. The number of nitrogens with two attached hydrogens (primary N) is 4. The number of aromatic nitrogens is 12. The van der Waals surface area contributed by atoms with Gasteiger partial charge in [0.2, 0.25) is 0 Å². The summed E-state index contributed by atoms with van der Waals surface area (Å²) in [6, 6.07) is 19.9. The molecule has 47 heteroatoms. The molecule has 0 aliphatic rings. The second-order valence-corrected chi connectivity index (χ2v) is 26.4. The lowest BCUT2D eigenvalue weighted by molar-refractivity contribution is -0.227. The van der Waals surface area contributed by atoms with Crippen LogP contribution in [0.2, 0.25) is 0 Å². The van der Waals surface area contributed by atoms with E-state index in [-0.39, 0.29) is 126 Å². The van der Waals surface area contributed by atoms with Gasteiger partial charge in [-0.1, -0.05) is 0 Å². The molecule has 12 aromatic rings. The highest BCUT2D eigenvalue weighted by molar-refractivity contribution is 6.01. The molecule has 8 aromatic heterocycles. The molecule has 0 unspecified atom stereocenters. The molecule has 0 saturated heterocycles. The van der Waals surface area contributed by atoms with E-state index in [0.717, 1.165) is 85.3 Å². The molecule has 4 aromatic carbocycles. The molecular formula is C75H61F16N23O8. The van der Waals surface area contributed by atoms with Gasteiger partial charge in [0.15, 0.2) is 22.8 Å². The Morgan fingerprint density at radius 2 is 0.689 bits per heavy atom. The molecule has 0 fully saturated rings. The number of alkyl halides is 12. The number of aryl methyl sites for hydroxylation is 4. The lowest BCUT2D eigenvalue weighted by atomic mass is 9.93. The maximum absolute atomic E-state index is 14.2. The number of benzene rings is 4. The highest BCUT2D eigenvalue weighted by Gasteiger charge is 2.56. The fourth-order valence-corrected chi connectivity index (χ4v) is 13.2. The van der Waals surface area contributed by atoms with Crippen molar-refractivity contribution in [3.63, 3.8) is 0 Å². The summed E-state index contributed by atoms with van der Waals surface area (Å²) in [5.41, 5.74) is 13.7. The van der Waals surface area contributed by atoms with E-state index in [4.69, 9.17) is 22.9 Å². The van der Waals surface area contributed by atoms with Crippen molar-refractivity contribution < 1.29 is 70.2 Å². The third kappa shape index (κ3) is 17.3. The zero-order valence-electron chi connectivity index (χ0n) is 64.4. The van der Waals surface area contributed by atoms with Crippen molar-refractivity contribution in [3.05, 3.63) is 230 Å². The lowest BCUT2D eigenvalue weighted by Gasteiger charge is -2.30. The van der Waals surface area contributed by atoms with Crippen LogP contribution in [0.3, 0.4) is 0 Å². The summed E-state index contributed by atoms with van der Waals surface area (Å²) in [6.07, 6.45) is -19.9. The summed E-state index contributed by atoms with van der Waals surface area (Å²) in [7, 11) is 11.0. The maximum atomic E-state index is 14.2. The Kier molecular flexibility index (Phi) is 26.0. The minimum absolute atomic E-state index is 0.00194. The number of rotatable bonds is 13. The predicted molar refractivity (Wildman–Crippen MR) is 409 cm³/mol. The monoisotopic (exact) mass is 1720 g/mol. The molecular weight excluding hydrogens is 1650 g/mol. The van der Waals surface area contributed by atoms with Crippen LogP contribution in [0.25, 0.3) is 88.6 Å². The van der Waals surface area contributed by atoms with Gasteiger partial charge in [-0.3, -0.25) is 55.7 Å². The molecule has 0 aliphatic heterocycles. The first kappa shape index (κ1) is 91.2. The summed E-state index contributed by atoms with van der Waals surface area (Å²) in [4.78, 5) is 116. The van der Waals surface area contributed by atoms with Gasteiger partial charge in [-0.2, -0.15) is 52.3 Å². The molecule has 0 aliphatic carbocycles. The highest BCUT2D eigenvalue weighted by Crippen LogP contribution is 2.45. The van der Waals surface area contributed by atoms with E-state index < -0.39 is 151 Å². The molecule has 0 bridgehead atoms. The Morgan fingerprint density at radius 1 is 0.393 bits per heavy atom. The zero-order valence-corrected chi connectivity index (χ0v) is 64.4. The summed E-state index contributed by atoms with van der Waals surface area (Å²) in [6.45, 7) is -4.61. The van der Waals surface area contributed by atoms with Crippen LogP contribution in [0.1, 0.15) is 44.5 Å². The van der Waals surface area contributed by atoms with Crippen LogP contribution in [0.4, 0.5) is 87.7 Å². The third-order valence-electron chi connectivity index (χ3n) is 18.8. The molecule has 12 rings (SSSR count). The van der Waals surface area contributed by atoms with Crippen molar-refractivity contribution in [2.24, 2.45) is 79.3 Å². The van der Waals surface area contributed by atoms with Crippen molar-refractivity contribution >= 4 is 61.6 Å². The molecule has 0 spiro atoms. The highest BCUT2D eigenvalue weighted by atomic mass is 19.4. The van der Waals surface area contributed by atoms with E-state index >= 15 is 0 Å². The van der Waals surface area contributed by atoms with E-state index in [1.54, 1.807) is 6.07 Å². The van der Waals surface area contributed by atoms with Crippen molar-refractivity contribution in [1.82, 2.24) is 56.5 Å². The number of halogens is 16. The number of hydrogen-bond acceptors (Lipinski definition) is 23. The van der Waals surface area contributed by atoms with Crippen molar-refractivity contribution in [2.75, 3.05) is 35.3 Å². The molecule has 122 heavy (non-hydrogen) atoms. The van der Waals surface area contributed by atoms with Crippen LogP contribution in [0.15, 0.2) is 117 Å². The summed E-state index contributed by atoms with van der Waals surface area (Å²) < 4.78 is 222. The number of nitrogens with zero attached hydrogens (tertiary/aromatic N) is 18. The van der Waals surface area contributed by atoms with E-state index in [2.05, 4.69) is 25.3 Å². The Bertz CT molecular complexity index is 7020. The van der Waals surface area contributed by atoms with Gasteiger partial charge in [0, 0.05) is 157 Å². The molecule has 9 N–H and O–H groups in total. The lowest BCUT2D eigenvalue weighted by Crippen LogP contribution is -2.49. The second kappa shape index (κ2) is 34.7. The first-order chi connectivity index (χ1) is 56.9. The minimum Gasteiger partial charge on any atom is -0.361 e. The van der Waals surface area contributed by atoms with E-state index in [9.17, 15) is 130 Å². The van der Waals surface area contributed by atoms with E-state index in [1.165, 1.54) is 83.4 Å². The van der Waals surface area contributed by atoms with Crippen molar-refractivity contribution in [1.29, 1.82) is 21.0 Å². The van der Waals surface area contributed by atoms with Gasteiger partial charge >= 0.3 is 47.7 Å². The molecule has 31 nitrogen and oxygen atoms in total. The molecule has 8 heterocycles. The average molecular weight is 1720 g/mol. The van der Waals surface area contributed by atoms with Gasteiger partial charge < -0.3 is 33.2 Å². The topological polar surface area (TPSA) is 445 Å². The number of hydrogen-bond donors (Lipinski definition) is 5. The third-order valence-corrected chi connectivity index (χ3v) is 18.8. The van der Waals surface area contributed by atoms with E-state index in [1.807, 2.05) is 18.2 Å². The number of nitrogens with one attached hydrogen (secondary N) is 1. The largest absolute Gasteiger partial charge is 0.493 e. The van der Waals surface area contributed by atoms with Gasteiger partial charge in [-0.15, -0.1) is 26.3 Å². The molecule has 0 saturated carbocycles. The first-order valence-electron chi connectivity index (χ1n) is 34.5. The summed E-state index contributed by atoms with van der Waals surface area (Å²) in [5, 5.41) is 39.1. The zero-order chi connectivity index (χ0) is 91.1. The van der Waals surface area contributed by atoms with Crippen LogP contribution in [0.5, 0.6) is 0 Å². The Morgan fingerprint density at radius 3 is 0.992 bits per heavy atom. The Hall–Kier alpha value is -14.7. The summed E-state index contributed by atoms with van der Waals surface area (Å²) in [5.74, 6) is -5.40. The minimum atomic E-state index is -6.06. The normalized spacial score (nSPS) is 11.6. The Labute approximate surface area is 671 Å². The predicted octanol–water partition coefficient (Wildman–Crippen LogP) is 6.89. The van der Waals surface area contributed by atoms with Gasteiger partial charge in [0.25, 0.3) is 22.2 Å². The molecule has 0 radical (unpaired) electrons. The van der Waals surface area contributed by atoms with Gasteiger partial charge in [0.05, 0.1) is 68.1 Å². The van der Waals surface area contributed by atoms with Crippen LogP contribution >= 0.6 is 0 Å². The number of fused-ring (bicyclic) bond motifs is 4. The van der Waals surface area contributed by atoms with Gasteiger partial charge in [0.1, 0.15) is 53.6 Å². The van der Waals surface area contributed by atoms with Gasteiger partial charge in [-0.05, 0) is 78.4 Å². The van der Waals surface area contributed by atoms with Crippen LogP contribution in [-0.2, 0) is 82.6 Å². The number of anilines is 3. The van der Waals surface area contributed by atoms with Crippen LogP contribution < -0.4 is 83.0 Å².